The van der Waals surface area contributed by atoms with Gasteiger partial charge in [0.25, 0.3) is 5.88 Å². The van der Waals surface area contributed by atoms with Gasteiger partial charge in [-0.3, -0.25) is 10.1 Å². The summed E-state index contributed by atoms with van der Waals surface area (Å²) in [6.45, 7) is 1.60. The van der Waals surface area contributed by atoms with Crippen LogP contribution in [-0.4, -0.2) is 28.0 Å². The van der Waals surface area contributed by atoms with Gasteiger partial charge in [-0.05, 0) is 32.6 Å². The molecule has 1 aromatic rings. The van der Waals surface area contributed by atoms with Crippen LogP contribution in [-0.2, 0) is 0 Å². The van der Waals surface area contributed by atoms with Crippen molar-refractivity contribution in [2.24, 2.45) is 0 Å². The molecule has 0 unspecified atom stereocenters. The number of hydrogen-bond donors (Lipinski definition) is 1. The van der Waals surface area contributed by atoms with Crippen molar-refractivity contribution >= 4 is 11.6 Å². The molecule has 0 bridgehead atoms. The average Bonchev–Trinajstić information content (AvgIpc) is 2.66. The van der Waals surface area contributed by atoms with Crippen molar-refractivity contribution in [1.82, 2.24) is 9.97 Å². The van der Waals surface area contributed by atoms with E-state index in [0.29, 0.717) is 11.6 Å². The van der Waals surface area contributed by atoms with Crippen LogP contribution in [0.4, 0.5) is 11.6 Å². The van der Waals surface area contributed by atoms with Crippen molar-refractivity contribution in [3.8, 4) is 5.88 Å². The van der Waals surface area contributed by atoms with Gasteiger partial charge in [-0.1, -0.05) is 12.8 Å². The summed E-state index contributed by atoms with van der Waals surface area (Å²) in [6.07, 6.45) is 6.46. The van der Waals surface area contributed by atoms with Crippen molar-refractivity contribution in [3.05, 3.63) is 15.8 Å². The molecule has 1 fully saturated rings. The molecule has 20 heavy (non-hydrogen) atoms. The highest BCUT2D eigenvalue weighted by atomic mass is 16.6. The lowest BCUT2D eigenvalue weighted by Crippen LogP contribution is -2.18. The van der Waals surface area contributed by atoms with E-state index in [-0.39, 0.29) is 17.7 Å². The quantitative estimate of drug-likeness (QED) is 0.518. The van der Waals surface area contributed by atoms with Crippen LogP contribution in [0.5, 0.6) is 5.88 Å². The Morgan fingerprint density at radius 3 is 2.45 bits per heavy atom. The molecule has 110 valence electrons. The first kappa shape index (κ1) is 14.5. The molecule has 1 aliphatic rings. The van der Waals surface area contributed by atoms with Crippen molar-refractivity contribution in [2.45, 2.75) is 51.6 Å². The number of aryl methyl sites for hydroxylation is 1. The maximum atomic E-state index is 11.2. The minimum atomic E-state index is -0.471. The minimum absolute atomic E-state index is 0.00945. The molecule has 0 radical (unpaired) electrons. The summed E-state index contributed by atoms with van der Waals surface area (Å²) in [4.78, 5) is 18.9. The third kappa shape index (κ3) is 3.34. The van der Waals surface area contributed by atoms with Gasteiger partial charge in [-0.15, -0.1) is 0 Å². The molecule has 1 N–H and O–H groups in total. The molecule has 7 heteroatoms. The number of anilines is 1. The molecule has 0 aromatic carbocycles. The van der Waals surface area contributed by atoms with E-state index in [1.165, 1.54) is 12.8 Å². The summed E-state index contributed by atoms with van der Waals surface area (Å²) in [5.41, 5.74) is 0.186. The lowest BCUT2D eigenvalue weighted by molar-refractivity contribution is -0.387. The molecule has 0 saturated heterocycles. The van der Waals surface area contributed by atoms with Crippen LogP contribution in [0.15, 0.2) is 0 Å². The minimum Gasteiger partial charge on any atom is -0.469 e. The standard InChI is InChI=1S/C13H20N4O3/c1-9-11(17(18)19)12(16-13(14-2)15-9)20-10-7-5-3-4-6-8-10/h10H,3-8H2,1-2H3,(H,14,15,16). The summed E-state index contributed by atoms with van der Waals surface area (Å²) in [5, 5.41) is 14.0. The molecular weight excluding hydrogens is 260 g/mol. The van der Waals surface area contributed by atoms with E-state index >= 15 is 0 Å². The number of aromatic nitrogens is 2. The first-order chi connectivity index (χ1) is 9.61. The zero-order chi connectivity index (χ0) is 14.5. The number of ether oxygens (including phenoxy) is 1. The molecule has 1 aliphatic carbocycles. The Morgan fingerprint density at radius 1 is 1.25 bits per heavy atom. The van der Waals surface area contributed by atoms with Gasteiger partial charge in [0.05, 0.1) is 4.92 Å². The van der Waals surface area contributed by atoms with Crippen LogP contribution in [0.3, 0.4) is 0 Å². The van der Waals surface area contributed by atoms with Crippen molar-refractivity contribution in [1.29, 1.82) is 0 Å². The van der Waals surface area contributed by atoms with Gasteiger partial charge in [0.15, 0.2) is 0 Å². The van der Waals surface area contributed by atoms with E-state index < -0.39 is 4.92 Å². The fraction of sp³-hybridized carbons (Fsp3) is 0.692. The Balaban J connectivity index is 2.27. The normalized spacial score (nSPS) is 16.5. The molecule has 0 atom stereocenters. The second kappa shape index (κ2) is 6.49. The van der Waals surface area contributed by atoms with E-state index in [1.54, 1.807) is 14.0 Å². The average molecular weight is 280 g/mol. The zero-order valence-electron chi connectivity index (χ0n) is 11.9. The molecule has 2 rings (SSSR count). The number of nitrogens with zero attached hydrogens (tertiary/aromatic N) is 3. The maximum absolute atomic E-state index is 11.2. The monoisotopic (exact) mass is 280 g/mol. The largest absolute Gasteiger partial charge is 0.469 e. The molecule has 1 aromatic heterocycles. The third-order valence-corrected chi connectivity index (χ3v) is 3.51. The Labute approximate surface area is 117 Å². The van der Waals surface area contributed by atoms with Gasteiger partial charge in [0.1, 0.15) is 11.8 Å². The molecule has 0 aliphatic heterocycles. The smallest absolute Gasteiger partial charge is 0.352 e. The molecule has 7 nitrogen and oxygen atoms in total. The molecule has 0 spiro atoms. The highest BCUT2D eigenvalue weighted by Gasteiger charge is 2.26. The maximum Gasteiger partial charge on any atom is 0.352 e. The van der Waals surface area contributed by atoms with Gasteiger partial charge in [0.2, 0.25) is 5.95 Å². The molecule has 1 saturated carbocycles. The highest BCUT2D eigenvalue weighted by molar-refractivity contribution is 5.48. The van der Waals surface area contributed by atoms with Gasteiger partial charge in [0, 0.05) is 7.05 Å². The van der Waals surface area contributed by atoms with Gasteiger partial charge >= 0.3 is 5.69 Å². The summed E-state index contributed by atoms with van der Waals surface area (Å²) in [6, 6.07) is 0. The van der Waals surface area contributed by atoms with E-state index in [2.05, 4.69) is 15.3 Å². The second-order valence-corrected chi connectivity index (χ2v) is 5.02. The summed E-state index contributed by atoms with van der Waals surface area (Å²) < 4.78 is 5.82. The number of nitro groups is 1. The summed E-state index contributed by atoms with van der Waals surface area (Å²) in [7, 11) is 1.68. The van der Waals surface area contributed by atoms with Crippen LogP contribution < -0.4 is 10.1 Å². The fourth-order valence-electron chi connectivity index (χ4n) is 2.46. The van der Waals surface area contributed by atoms with Crippen molar-refractivity contribution < 1.29 is 9.66 Å². The first-order valence-electron chi connectivity index (χ1n) is 6.99. The number of hydrogen-bond acceptors (Lipinski definition) is 6. The van der Waals surface area contributed by atoms with E-state index in [4.69, 9.17) is 4.74 Å². The lowest BCUT2D eigenvalue weighted by atomic mass is 10.1. The Kier molecular flexibility index (Phi) is 4.70. The number of nitrogens with one attached hydrogen (secondary N) is 1. The van der Waals surface area contributed by atoms with Crippen LogP contribution in [0, 0.1) is 17.0 Å². The Morgan fingerprint density at radius 2 is 1.90 bits per heavy atom. The van der Waals surface area contributed by atoms with Gasteiger partial charge in [-0.2, -0.15) is 4.98 Å². The van der Waals surface area contributed by atoms with E-state index in [0.717, 1.165) is 25.7 Å². The second-order valence-electron chi connectivity index (χ2n) is 5.02. The fourth-order valence-corrected chi connectivity index (χ4v) is 2.46. The Hall–Kier alpha value is -1.92. The zero-order valence-corrected chi connectivity index (χ0v) is 11.9. The van der Waals surface area contributed by atoms with Crippen molar-refractivity contribution in [3.63, 3.8) is 0 Å². The summed E-state index contributed by atoms with van der Waals surface area (Å²) >= 11 is 0. The summed E-state index contributed by atoms with van der Waals surface area (Å²) in [5.74, 6) is 0.426. The highest BCUT2D eigenvalue weighted by Crippen LogP contribution is 2.31. The van der Waals surface area contributed by atoms with E-state index in [1.807, 2.05) is 0 Å². The molecular formula is C13H20N4O3. The predicted molar refractivity (Wildman–Crippen MR) is 75.1 cm³/mol. The van der Waals surface area contributed by atoms with Crippen molar-refractivity contribution in [2.75, 3.05) is 12.4 Å². The van der Waals surface area contributed by atoms with Crippen LogP contribution in [0.1, 0.15) is 44.2 Å². The number of rotatable bonds is 4. The lowest BCUT2D eigenvalue weighted by Gasteiger charge is -2.16. The third-order valence-electron chi connectivity index (χ3n) is 3.51. The molecule has 1 heterocycles. The Bertz CT molecular complexity index is 485. The van der Waals surface area contributed by atoms with Gasteiger partial charge in [-0.25, -0.2) is 4.98 Å². The van der Waals surface area contributed by atoms with E-state index in [9.17, 15) is 10.1 Å². The topological polar surface area (TPSA) is 90.2 Å². The van der Waals surface area contributed by atoms with Crippen LogP contribution in [0.2, 0.25) is 0 Å². The SMILES string of the molecule is CNc1nc(C)c([N+](=O)[O-])c(OC2CCCCCC2)n1. The van der Waals surface area contributed by atoms with Gasteiger partial charge < -0.3 is 10.1 Å². The molecule has 0 amide bonds. The van der Waals surface area contributed by atoms with Crippen LogP contribution >= 0.6 is 0 Å². The van der Waals surface area contributed by atoms with Crippen LogP contribution in [0.25, 0.3) is 0 Å². The first-order valence-corrected chi connectivity index (χ1v) is 6.99. The predicted octanol–water partition coefficient (Wildman–Crippen LogP) is 2.84.